The van der Waals surface area contributed by atoms with Crippen LogP contribution in [0.15, 0.2) is 54.7 Å². The van der Waals surface area contributed by atoms with Crippen LogP contribution in [0.5, 0.6) is 6.01 Å². The van der Waals surface area contributed by atoms with E-state index < -0.39 is 11.0 Å². The van der Waals surface area contributed by atoms with Crippen LogP contribution in [0.4, 0.5) is 5.82 Å². The maximum atomic E-state index is 12.7. The molecule has 0 saturated carbocycles. The van der Waals surface area contributed by atoms with Gasteiger partial charge in [-0.2, -0.15) is 0 Å². The van der Waals surface area contributed by atoms with E-state index in [2.05, 4.69) is 10.3 Å². The van der Waals surface area contributed by atoms with E-state index in [1.807, 2.05) is 0 Å². The summed E-state index contributed by atoms with van der Waals surface area (Å²) in [5.74, 6) is -0.688. The van der Waals surface area contributed by atoms with Gasteiger partial charge in [0.1, 0.15) is 6.20 Å². The quantitative estimate of drug-likeness (QED) is 0.441. The molecule has 1 N–H and O–H groups in total. The number of hydrogen-bond acceptors (Lipinski definition) is 5. The monoisotopic (exact) mass is 434 g/mol. The van der Waals surface area contributed by atoms with Crippen LogP contribution >= 0.6 is 23.2 Å². The predicted molar refractivity (Wildman–Crippen MR) is 109 cm³/mol. The minimum atomic E-state index is -0.629. The first-order valence-corrected chi connectivity index (χ1v) is 9.21. The minimum Gasteiger partial charge on any atom is -0.449 e. The average Bonchev–Trinajstić information content (AvgIpc) is 3.11. The van der Waals surface area contributed by atoms with Gasteiger partial charge < -0.3 is 20.2 Å². The Balaban J connectivity index is 1.97. The molecule has 0 aliphatic carbocycles. The molecule has 8 nitrogen and oxygen atoms in total. The first kappa shape index (κ1) is 20.6. The van der Waals surface area contributed by atoms with Crippen molar-refractivity contribution >= 4 is 34.9 Å². The standard InChI is InChI=1S/C19H16Cl2N4O4/c1-29-19-23-17(25(27)28)11-24(19)10-16(14-8-7-13(20)9-15(14)21)22-18(26)12-5-3-2-4-6-12/h2-9,11,16H,10H2,1H3,(H,22,26). The highest BCUT2D eigenvalue weighted by atomic mass is 35.5. The largest absolute Gasteiger partial charge is 0.449 e. The lowest BCUT2D eigenvalue weighted by Gasteiger charge is -2.21. The molecule has 1 atom stereocenters. The van der Waals surface area contributed by atoms with Gasteiger partial charge in [-0.15, -0.1) is 0 Å². The third-order valence-electron chi connectivity index (χ3n) is 4.16. The molecule has 150 valence electrons. The summed E-state index contributed by atoms with van der Waals surface area (Å²) in [7, 11) is 1.36. The second-order valence-electron chi connectivity index (χ2n) is 6.05. The highest BCUT2D eigenvalue weighted by molar-refractivity contribution is 6.35. The van der Waals surface area contributed by atoms with E-state index in [1.165, 1.54) is 17.9 Å². The van der Waals surface area contributed by atoms with Crippen LogP contribution in [-0.4, -0.2) is 27.5 Å². The zero-order valence-electron chi connectivity index (χ0n) is 15.2. The van der Waals surface area contributed by atoms with Gasteiger partial charge in [0, 0.05) is 20.6 Å². The number of carbonyl (C=O) groups is 1. The lowest BCUT2D eigenvalue weighted by molar-refractivity contribution is -0.389. The van der Waals surface area contributed by atoms with Crippen LogP contribution in [-0.2, 0) is 6.54 Å². The highest BCUT2D eigenvalue weighted by Crippen LogP contribution is 2.29. The zero-order valence-corrected chi connectivity index (χ0v) is 16.7. The molecule has 0 aliphatic heterocycles. The van der Waals surface area contributed by atoms with Crippen LogP contribution in [0.25, 0.3) is 0 Å². The fourth-order valence-corrected chi connectivity index (χ4v) is 3.34. The van der Waals surface area contributed by atoms with Gasteiger partial charge in [-0.25, -0.2) is 0 Å². The summed E-state index contributed by atoms with van der Waals surface area (Å²) in [6, 6.07) is 13.0. The summed E-state index contributed by atoms with van der Waals surface area (Å²) in [5.41, 5.74) is 1.06. The van der Waals surface area contributed by atoms with Gasteiger partial charge in [0.15, 0.2) is 0 Å². The first-order chi connectivity index (χ1) is 13.9. The SMILES string of the molecule is COc1nc([N+](=O)[O-])cn1CC(NC(=O)c1ccccc1)c1ccc(Cl)cc1Cl. The predicted octanol–water partition coefficient (Wildman–Crippen LogP) is 4.28. The molecule has 0 saturated heterocycles. The molecule has 0 fully saturated rings. The number of imidazole rings is 1. The Hall–Kier alpha value is -3.10. The summed E-state index contributed by atoms with van der Waals surface area (Å²) < 4.78 is 6.58. The number of ether oxygens (including phenoxy) is 1. The van der Waals surface area contributed by atoms with Crippen molar-refractivity contribution in [1.82, 2.24) is 14.9 Å². The molecule has 29 heavy (non-hydrogen) atoms. The molecule has 0 aliphatic rings. The summed E-state index contributed by atoms with van der Waals surface area (Å²) >= 11 is 12.3. The first-order valence-electron chi connectivity index (χ1n) is 8.45. The van der Waals surface area contributed by atoms with Crippen molar-refractivity contribution in [3.8, 4) is 6.01 Å². The number of nitrogens with one attached hydrogen (secondary N) is 1. The summed E-state index contributed by atoms with van der Waals surface area (Å²) in [4.78, 5) is 27.0. The lowest BCUT2D eigenvalue weighted by Crippen LogP contribution is -2.31. The van der Waals surface area contributed by atoms with Gasteiger partial charge in [-0.05, 0) is 34.8 Å². The molecule has 1 amide bonds. The van der Waals surface area contributed by atoms with Gasteiger partial charge in [0.05, 0.1) is 19.7 Å². The Morgan fingerprint density at radius 2 is 2.00 bits per heavy atom. The minimum absolute atomic E-state index is 0.0424. The number of nitrogens with zero attached hydrogens (tertiary/aromatic N) is 3. The molecule has 0 spiro atoms. The topological polar surface area (TPSA) is 99.3 Å². The van der Waals surface area contributed by atoms with Crippen molar-refractivity contribution in [2.24, 2.45) is 0 Å². The molecule has 1 heterocycles. The van der Waals surface area contributed by atoms with Gasteiger partial charge in [0.2, 0.25) is 0 Å². The van der Waals surface area contributed by atoms with E-state index in [4.69, 9.17) is 27.9 Å². The lowest BCUT2D eigenvalue weighted by atomic mass is 10.1. The molecular formula is C19H16Cl2N4O4. The van der Waals surface area contributed by atoms with Crippen LogP contribution in [0.1, 0.15) is 22.0 Å². The number of carbonyl (C=O) groups excluding carboxylic acids is 1. The molecule has 1 unspecified atom stereocenters. The smallest absolute Gasteiger partial charge is 0.414 e. The molecule has 3 rings (SSSR count). The normalized spacial score (nSPS) is 11.7. The Labute approximate surface area is 176 Å². The van der Waals surface area contributed by atoms with E-state index >= 15 is 0 Å². The summed E-state index contributed by atoms with van der Waals surface area (Å²) in [5, 5.41) is 14.8. The van der Waals surface area contributed by atoms with E-state index in [1.54, 1.807) is 48.5 Å². The van der Waals surface area contributed by atoms with Crippen molar-refractivity contribution < 1.29 is 14.5 Å². The fourth-order valence-electron chi connectivity index (χ4n) is 2.80. The number of rotatable bonds is 7. The molecule has 0 radical (unpaired) electrons. The summed E-state index contributed by atoms with van der Waals surface area (Å²) in [6.45, 7) is 0.101. The maximum Gasteiger partial charge on any atom is 0.414 e. The van der Waals surface area contributed by atoms with Crippen LogP contribution in [0.3, 0.4) is 0 Å². The van der Waals surface area contributed by atoms with Crippen LogP contribution in [0, 0.1) is 10.1 Å². The Bertz CT molecular complexity index is 1040. The fraction of sp³-hybridized carbons (Fsp3) is 0.158. The molecule has 1 aromatic heterocycles. The zero-order chi connectivity index (χ0) is 21.0. The number of aromatic nitrogens is 2. The van der Waals surface area contributed by atoms with Crippen LogP contribution < -0.4 is 10.1 Å². The van der Waals surface area contributed by atoms with E-state index in [-0.39, 0.29) is 24.3 Å². The van der Waals surface area contributed by atoms with Gasteiger partial charge in [0.25, 0.3) is 5.91 Å². The van der Waals surface area contributed by atoms with Crippen molar-refractivity contribution in [2.45, 2.75) is 12.6 Å². The summed E-state index contributed by atoms with van der Waals surface area (Å²) in [6.07, 6.45) is 1.24. The number of amides is 1. The third-order valence-corrected chi connectivity index (χ3v) is 4.72. The van der Waals surface area contributed by atoms with Crippen molar-refractivity contribution in [2.75, 3.05) is 7.11 Å². The molecule has 2 aromatic carbocycles. The third kappa shape index (κ3) is 4.85. The molecule has 0 bridgehead atoms. The van der Waals surface area contributed by atoms with Crippen LogP contribution in [0.2, 0.25) is 10.0 Å². The number of hydrogen-bond donors (Lipinski definition) is 1. The molecule has 10 heteroatoms. The number of benzene rings is 2. The van der Waals surface area contributed by atoms with Crippen molar-refractivity contribution in [3.63, 3.8) is 0 Å². The van der Waals surface area contributed by atoms with Gasteiger partial charge >= 0.3 is 11.8 Å². The average molecular weight is 435 g/mol. The van der Waals surface area contributed by atoms with E-state index in [9.17, 15) is 14.9 Å². The second-order valence-corrected chi connectivity index (χ2v) is 6.90. The highest BCUT2D eigenvalue weighted by Gasteiger charge is 2.25. The van der Waals surface area contributed by atoms with E-state index in [0.717, 1.165) is 0 Å². The second kappa shape index (κ2) is 8.93. The Morgan fingerprint density at radius 1 is 1.28 bits per heavy atom. The van der Waals surface area contributed by atoms with E-state index in [0.29, 0.717) is 21.2 Å². The van der Waals surface area contributed by atoms with Crippen molar-refractivity contribution in [3.05, 3.63) is 86.0 Å². The Kier molecular flexibility index (Phi) is 6.36. The molecule has 3 aromatic rings. The number of nitro groups is 1. The maximum absolute atomic E-state index is 12.7. The number of halogens is 2. The van der Waals surface area contributed by atoms with Gasteiger partial charge in [-0.1, -0.05) is 47.5 Å². The molecular weight excluding hydrogens is 419 g/mol. The number of methoxy groups -OCH3 is 1. The van der Waals surface area contributed by atoms with Crippen molar-refractivity contribution in [1.29, 1.82) is 0 Å². The Morgan fingerprint density at radius 3 is 2.62 bits per heavy atom. The van der Waals surface area contributed by atoms with Gasteiger partial charge in [-0.3, -0.25) is 9.36 Å².